The summed E-state index contributed by atoms with van der Waals surface area (Å²) in [4.78, 5) is 5.98. The normalized spacial score (nSPS) is 11.5. The summed E-state index contributed by atoms with van der Waals surface area (Å²) in [7, 11) is 1.68. The molecule has 0 atom stereocenters. The Labute approximate surface area is 174 Å². The second kappa shape index (κ2) is 7.20. The Morgan fingerprint density at radius 3 is 2.89 bits per heavy atom. The van der Waals surface area contributed by atoms with Crippen LogP contribution in [0.5, 0.6) is 5.75 Å². The number of thioether (sulfide) groups is 1. The summed E-state index contributed by atoms with van der Waals surface area (Å²) in [6, 6.07) is 12.3. The van der Waals surface area contributed by atoms with Gasteiger partial charge in [0, 0.05) is 22.6 Å². The van der Waals surface area contributed by atoms with Crippen molar-refractivity contribution in [3.8, 4) is 15.6 Å². The minimum absolute atomic E-state index is 0.752. The average Bonchev–Trinajstić information content (AvgIpc) is 3.46. The maximum Gasteiger partial charge on any atom is 0.196 e. The maximum absolute atomic E-state index is 5.43. The highest BCUT2D eigenvalue weighted by Crippen LogP contribution is 2.32. The van der Waals surface area contributed by atoms with E-state index in [2.05, 4.69) is 56.5 Å². The molecule has 0 unspecified atom stereocenters. The number of thiophene rings is 1. The van der Waals surface area contributed by atoms with Gasteiger partial charge >= 0.3 is 0 Å². The number of pyridine rings is 1. The SMILES string of the molecule is COc1ccc2c(C)cc3nnc(SCc4csc(-c5cccs5)n4)n3c2c1. The van der Waals surface area contributed by atoms with Crippen molar-refractivity contribution in [2.75, 3.05) is 7.11 Å². The van der Waals surface area contributed by atoms with Gasteiger partial charge in [-0.15, -0.1) is 32.9 Å². The third kappa shape index (κ3) is 3.07. The lowest BCUT2D eigenvalue weighted by Gasteiger charge is -2.09. The van der Waals surface area contributed by atoms with Crippen LogP contribution in [-0.4, -0.2) is 26.7 Å². The summed E-state index contributed by atoms with van der Waals surface area (Å²) in [6.07, 6.45) is 0. The molecule has 0 radical (unpaired) electrons. The molecule has 0 spiro atoms. The van der Waals surface area contributed by atoms with Crippen LogP contribution in [0.4, 0.5) is 0 Å². The zero-order valence-corrected chi connectivity index (χ0v) is 17.7. The van der Waals surface area contributed by atoms with Crippen LogP contribution in [0.15, 0.2) is 52.3 Å². The molecule has 0 aliphatic heterocycles. The van der Waals surface area contributed by atoms with Crippen molar-refractivity contribution < 1.29 is 4.74 Å². The van der Waals surface area contributed by atoms with Gasteiger partial charge in [-0.05, 0) is 42.1 Å². The Morgan fingerprint density at radius 2 is 2.07 bits per heavy atom. The Morgan fingerprint density at radius 1 is 1.14 bits per heavy atom. The highest BCUT2D eigenvalue weighted by Gasteiger charge is 2.14. The van der Waals surface area contributed by atoms with Crippen molar-refractivity contribution in [3.05, 3.63) is 58.4 Å². The quantitative estimate of drug-likeness (QED) is 0.340. The molecule has 0 fully saturated rings. The first-order valence-electron chi connectivity index (χ1n) is 8.66. The van der Waals surface area contributed by atoms with Gasteiger partial charge in [0.1, 0.15) is 10.8 Å². The van der Waals surface area contributed by atoms with Gasteiger partial charge in [0.05, 0.1) is 23.2 Å². The van der Waals surface area contributed by atoms with Crippen molar-refractivity contribution in [2.24, 2.45) is 0 Å². The van der Waals surface area contributed by atoms with E-state index in [1.54, 1.807) is 41.5 Å². The molecule has 28 heavy (non-hydrogen) atoms. The molecule has 5 rings (SSSR count). The highest BCUT2D eigenvalue weighted by atomic mass is 32.2. The largest absolute Gasteiger partial charge is 0.497 e. The first kappa shape index (κ1) is 17.7. The van der Waals surface area contributed by atoms with Crippen molar-refractivity contribution in [3.63, 3.8) is 0 Å². The summed E-state index contributed by atoms with van der Waals surface area (Å²) in [5, 5.41) is 16.1. The van der Waals surface area contributed by atoms with E-state index in [0.29, 0.717) is 0 Å². The zero-order chi connectivity index (χ0) is 19.1. The van der Waals surface area contributed by atoms with Gasteiger partial charge in [-0.2, -0.15) is 0 Å². The number of benzene rings is 1. The summed E-state index contributed by atoms with van der Waals surface area (Å²) in [5.41, 5.74) is 4.14. The number of thiazole rings is 1. The van der Waals surface area contributed by atoms with Crippen LogP contribution in [0.3, 0.4) is 0 Å². The molecule has 0 N–H and O–H groups in total. The van der Waals surface area contributed by atoms with Gasteiger partial charge in [0.25, 0.3) is 0 Å². The lowest BCUT2D eigenvalue weighted by Crippen LogP contribution is -1.95. The molecule has 4 aromatic heterocycles. The van der Waals surface area contributed by atoms with Crippen LogP contribution in [0.25, 0.3) is 26.4 Å². The highest BCUT2D eigenvalue weighted by molar-refractivity contribution is 7.98. The van der Waals surface area contributed by atoms with Crippen LogP contribution in [-0.2, 0) is 5.75 Å². The van der Waals surface area contributed by atoms with Crippen molar-refractivity contribution in [1.29, 1.82) is 0 Å². The third-order valence-corrected chi connectivity index (χ3v) is 7.40. The van der Waals surface area contributed by atoms with Gasteiger partial charge in [-0.1, -0.05) is 17.8 Å². The molecule has 5 nitrogen and oxygen atoms in total. The summed E-state index contributed by atoms with van der Waals surface area (Å²) in [5.74, 6) is 1.58. The Hall–Kier alpha value is -2.42. The van der Waals surface area contributed by atoms with Gasteiger partial charge in [0.2, 0.25) is 0 Å². The molecule has 8 heteroatoms. The lowest BCUT2D eigenvalue weighted by molar-refractivity contribution is 0.415. The third-order valence-electron chi connectivity index (χ3n) is 4.51. The van der Waals surface area contributed by atoms with E-state index in [9.17, 15) is 0 Å². The van der Waals surface area contributed by atoms with E-state index in [4.69, 9.17) is 9.72 Å². The maximum atomic E-state index is 5.43. The minimum Gasteiger partial charge on any atom is -0.497 e. The first-order chi connectivity index (χ1) is 13.7. The molecule has 0 saturated heterocycles. The zero-order valence-electron chi connectivity index (χ0n) is 15.2. The molecular formula is C20H16N4OS3. The summed E-state index contributed by atoms with van der Waals surface area (Å²) < 4.78 is 7.53. The second-order valence-electron chi connectivity index (χ2n) is 6.30. The molecule has 0 bridgehead atoms. The molecule has 0 amide bonds. The number of rotatable bonds is 5. The molecule has 0 saturated carbocycles. The number of methoxy groups -OCH3 is 1. The Balaban J connectivity index is 1.50. The summed E-state index contributed by atoms with van der Waals surface area (Å²) in [6.45, 7) is 2.09. The van der Waals surface area contributed by atoms with E-state index in [0.717, 1.165) is 38.5 Å². The van der Waals surface area contributed by atoms with Crippen LogP contribution in [0.1, 0.15) is 11.3 Å². The molecular weight excluding hydrogens is 408 g/mol. The minimum atomic E-state index is 0.752. The number of hydrogen-bond donors (Lipinski definition) is 0. The van der Waals surface area contributed by atoms with E-state index < -0.39 is 0 Å². The van der Waals surface area contributed by atoms with E-state index in [-0.39, 0.29) is 0 Å². The standard InChI is InChI=1S/C20H16N4OS3/c1-12-8-18-22-23-20(24(18)16-9-14(25-2)5-6-15(12)16)28-11-13-10-27-19(21-13)17-4-3-7-26-17/h3-10H,11H2,1-2H3. The van der Waals surface area contributed by atoms with Crippen LogP contribution >= 0.6 is 34.4 Å². The number of hydrogen-bond acceptors (Lipinski definition) is 7. The average molecular weight is 425 g/mol. The smallest absolute Gasteiger partial charge is 0.196 e. The number of fused-ring (bicyclic) bond motifs is 3. The topological polar surface area (TPSA) is 52.3 Å². The molecule has 5 aromatic rings. The van der Waals surface area contributed by atoms with Crippen LogP contribution in [0, 0.1) is 6.92 Å². The fraction of sp³-hybridized carbons (Fsp3) is 0.150. The van der Waals surface area contributed by atoms with Gasteiger partial charge in [-0.3, -0.25) is 4.40 Å². The molecule has 0 aliphatic carbocycles. The van der Waals surface area contributed by atoms with Gasteiger partial charge in [-0.25, -0.2) is 4.98 Å². The predicted octanol–water partition coefficient (Wildman–Crippen LogP) is 5.68. The van der Waals surface area contributed by atoms with Crippen molar-refractivity contribution >= 4 is 51.0 Å². The number of aryl methyl sites for hydroxylation is 1. The predicted molar refractivity (Wildman–Crippen MR) is 117 cm³/mol. The number of ether oxygens (including phenoxy) is 1. The van der Waals surface area contributed by atoms with Crippen LogP contribution in [0.2, 0.25) is 0 Å². The van der Waals surface area contributed by atoms with Gasteiger partial charge in [0.15, 0.2) is 10.8 Å². The molecule has 0 aliphatic rings. The van der Waals surface area contributed by atoms with Crippen LogP contribution < -0.4 is 4.74 Å². The molecule has 1 aromatic carbocycles. The number of aromatic nitrogens is 4. The first-order valence-corrected chi connectivity index (χ1v) is 11.4. The monoisotopic (exact) mass is 424 g/mol. The molecule has 140 valence electrons. The van der Waals surface area contributed by atoms with Crippen molar-refractivity contribution in [2.45, 2.75) is 17.8 Å². The summed E-state index contributed by atoms with van der Waals surface area (Å²) >= 11 is 5.05. The Bertz CT molecular complexity index is 1270. The second-order valence-corrected chi connectivity index (χ2v) is 9.04. The molecule has 4 heterocycles. The van der Waals surface area contributed by atoms with Crippen molar-refractivity contribution in [1.82, 2.24) is 19.6 Å². The van der Waals surface area contributed by atoms with E-state index in [1.807, 2.05) is 12.1 Å². The fourth-order valence-corrected chi connectivity index (χ4v) is 5.73. The van der Waals surface area contributed by atoms with E-state index >= 15 is 0 Å². The number of nitrogens with zero attached hydrogens (tertiary/aromatic N) is 4. The van der Waals surface area contributed by atoms with Gasteiger partial charge < -0.3 is 4.74 Å². The fourth-order valence-electron chi connectivity index (χ4n) is 3.15. The Kier molecular flexibility index (Phi) is 4.54. The lowest BCUT2D eigenvalue weighted by atomic mass is 10.1. The van der Waals surface area contributed by atoms with E-state index in [1.165, 1.54) is 15.8 Å².